The maximum atomic E-state index is 5.69. The quantitative estimate of drug-likeness (QED) is 0.875. The topological polar surface area (TPSA) is 34.1 Å². The molecule has 18 heavy (non-hydrogen) atoms. The van der Waals surface area contributed by atoms with Gasteiger partial charge < -0.3 is 10.1 Å². The van der Waals surface area contributed by atoms with Gasteiger partial charge in [0, 0.05) is 18.0 Å². The molecule has 2 aromatic rings. The zero-order chi connectivity index (χ0) is 12.8. The predicted octanol–water partition coefficient (Wildman–Crippen LogP) is 2.79. The van der Waals surface area contributed by atoms with Gasteiger partial charge in [-0.2, -0.15) is 0 Å². The molecule has 0 saturated carbocycles. The zero-order valence-electron chi connectivity index (χ0n) is 10.8. The Hall–Kier alpha value is -1.87. The summed E-state index contributed by atoms with van der Waals surface area (Å²) in [7, 11) is 1.95. The molecule has 0 fully saturated rings. The first-order valence-corrected chi connectivity index (χ1v) is 6.15. The van der Waals surface area contributed by atoms with Crippen molar-refractivity contribution in [2.75, 3.05) is 13.7 Å². The summed E-state index contributed by atoms with van der Waals surface area (Å²) in [6, 6.07) is 12.3. The lowest BCUT2D eigenvalue weighted by atomic mass is 9.99. The van der Waals surface area contributed by atoms with Crippen molar-refractivity contribution >= 4 is 0 Å². The first-order valence-electron chi connectivity index (χ1n) is 6.15. The summed E-state index contributed by atoms with van der Waals surface area (Å²) < 4.78 is 5.69. The number of nitrogens with one attached hydrogen (secondary N) is 1. The molecule has 1 N–H and O–H groups in total. The van der Waals surface area contributed by atoms with Crippen LogP contribution in [0.1, 0.15) is 24.1 Å². The molecule has 0 bridgehead atoms. The van der Waals surface area contributed by atoms with Crippen molar-refractivity contribution < 1.29 is 4.74 Å². The molecule has 0 radical (unpaired) electrons. The Balaban J connectivity index is 2.39. The third-order valence-electron chi connectivity index (χ3n) is 2.86. The Kier molecular flexibility index (Phi) is 4.31. The molecule has 0 aliphatic carbocycles. The van der Waals surface area contributed by atoms with Crippen LogP contribution < -0.4 is 10.1 Å². The van der Waals surface area contributed by atoms with Gasteiger partial charge in [-0.15, -0.1) is 0 Å². The van der Waals surface area contributed by atoms with E-state index in [0.29, 0.717) is 6.61 Å². The molecule has 2 rings (SSSR count). The molecule has 1 atom stereocenters. The number of hydrogen-bond donors (Lipinski definition) is 1. The number of nitrogens with zero attached hydrogens (tertiary/aromatic N) is 1. The van der Waals surface area contributed by atoms with E-state index < -0.39 is 0 Å². The Bertz CT molecular complexity index is 485. The Morgan fingerprint density at radius 2 is 1.89 bits per heavy atom. The van der Waals surface area contributed by atoms with Gasteiger partial charge in [-0.25, -0.2) is 0 Å². The fourth-order valence-electron chi connectivity index (χ4n) is 2.06. The third-order valence-corrected chi connectivity index (χ3v) is 2.86. The highest BCUT2D eigenvalue weighted by Gasteiger charge is 2.15. The standard InChI is InChI=1S/C15H18N2O/c1-3-18-14-7-5-4-6-13(14)15(16-2)12-8-10-17-11-9-12/h4-11,15-16H,3H2,1-2H3. The van der Waals surface area contributed by atoms with Crippen LogP contribution in [0.5, 0.6) is 5.75 Å². The molecular weight excluding hydrogens is 224 g/mol. The van der Waals surface area contributed by atoms with Gasteiger partial charge in [-0.3, -0.25) is 4.98 Å². The van der Waals surface area contributed by atoms with Crippen molar-refractivity contribution in [1.82, 2.24) is 10.3 Å². The SMILES string of the molecule is CCOc1ccccc1C(NC)c1ccncc1. The summed E-state index contributed by atoms with van der Waals surface area (Å²) in [4.78, 5) is 4.06. The number of benzene rings is 1. The van der Waals surface area contributed by atoms with Gasteiger partial charge in [-0.05, 0) is 37.7 Å². The molecule has 1 aromatic carbocycles. The highest BCUT2D eigenvalue weighted by atomic mass is 16.5. The second-order valence-corrected chi connectivity index (χ2v) is 3.97. The maximum Gasteiger partial charge on any atom is 0.124 e. The van der Waals surface area contributed by atoms with Gasteiger partial charge in [0.15, 0.2) is 0 Å². The molecule has 94 valence electrons. The van der Waals surface area contributed by atoms with E-state index in [-0.39, 0.29) is 6.04 Å². The van der Waals surface area contributed by atoms with Crippen LogP contribution >= 0.6 is 0 Å². The summed E-state index contributed by atoms with van der Waals surface area (Å²) in [5.74, 6) is 0.927. The number of hydrogen-bond acceptors (Lipinski definition) is 3. The van der Waals surface area contributed by atoms with Crippen molar-refractivity contribution in [3.8, 4) is 5.75 Å². The van der Waals surface area contributed by atoms with E-state index >= 15 is 0 Å². The minimum atomic E-state index is 0.121. The fourth-order valence-corrected chi connectivity index (χ4v) is 2.06. The van der Waals surface area contributed by atoms with Crippen LogP contribution in [0.2, 0.25) is 0 Å². The molecular formula is C15H18N2O. The van der Waals surface area contributed by atoms with Crippen molar-refractivity contribution in [3.63, 3.8) is 0 Å². The number of pyridine rings is 1. The van der Waals surface area contributed by atoms with Crippen molar-refractivity contribution in [3.05, 3.63) is 59.9 Å². The van der Waals surface area contributed by atoms with Gasteiger partial charge in [0.2, 0.25) is 0 Å². The fraction of sp³-hybridized carbons (Fsp3) is 0.267. The molecule has 0 saturated heterocycles. The van der Waals surface area contributed by atoms with E-state index in [0.717, 1.165) is 11.3 Å². The molecule has 0 spiro atoms. The van der Waals surface area contributed by atoms with Crippen LogP contribution in [-0.2, 0) is 0 Å². The predicted molar refractivity (Wildman–Crippen MR) is 72.8 cm³/mol. The third kappa shape index (κ3) is 2.68. The minimum Gasteiger partial charge on any atom is -0.494 e. The number of ether oxygens (including phenoxy) is 1. The van der Waals surface area contributed by atoms with Gasteiger partial charge in [0.05, 0.1) is 12.6 Å². The first-order chi connectivity index (χ1) is 8.86. The van der Waals surface area contributed by atoms with Gasteiger partial charge in [-0.1, -0.05) is 18.2 Å². The Labute approximate surface area is 108 Å². The minimum absolute atomic E-state index is 0.121. The van der Waals surface area contributed by atoms with Gasteiger partial charge in [0.1, 0.15) is 5.75 Å². The normalized spacial score (nSPS) is 12.1. The first kappa shape index (κ1) is 12.6. The van der Waals surface area contributed by atoms with E-state index in [9.17, 15) is 0 Å². The monoisotopic (exact) mass is 242 g/mol. The van der Waals surface area contributed by atoms with Crippen molar-refractivity contribution in [2.24, 2.45) is 0 Å². The Morgan fingerprint density at radius 1 is 1.17 bits per heavy atom. The number of para-hydroxylation sites is 1. The van der Waals surface area contributed by atoms with Gasteiger partial charge >= 0.3 is 0 Å². The van der Waals surface area contributed by atoms with Crippen LogP contribution in [0.3, 0.4) is 0 Å². The molecule has 1 unspecified atom stereocenters. The van der Waals surface area contributed by atoms with E-state index in [1.165, 1.54) is 5.56 Å². The summed E-state index contributed by atoms with van der Waals surface area (Å²) in [5, 5.41) is 3.33. The molecule has 3 heteroatoms. The average molecular weight is 242 g/mol. The van der Waals surface area contributed by atoms with Crippen LogP contribution in [0, 0.1) is 0 Å². The second kappa shape index (κ2) is 6.17. The van der Waals surface area contributed by atoms with Crippen molar-refractivity contribution in [2.45, 2.75) is 13.0 Å². The van der Waals surface area contributed by atoms with E-state index in [1.54, 1.807) is 0 Å². The molecule has 0 aliphatic heterocycles. The molecule has 3 nitrogen and oxygen atoms in total. The smallest absolute Gasteiger partial charge is 0.124 e. The summed E-state index contributed by atoms with van der Waals surface area (Å²) in [6.07, 6.45) is 3.62. The highest BCUT2D eigenvalue weighted by molar-refractivity contribution is 5.41. The van der Waals surface area contributed by atoms with Crippen LogP contribution in [0.4, 0.5) is 0 Å². The van der Waals surface area contributed by atoms with E-state index in [2.05, 4.69) is 16.4 Å². The maximum absolute atomic E-state index is 5.69. The van der Waals surface area contributed by atoms with E-state index in [4.69, 9.17) is 4.74 Å². The van der Waals surface area contributed by atoms with E-state index in [1.807, 2.05) is 56.7 Å². The molecule has 0 aliphatic rings. The van der Waals surface area contributed by atoms with Gasteiger partial charge in [0.25, 0.3) is 0 Å². The van der Waals surface area contributed by atoms with Crippen LogP contribution in [0.15, 0.2) is 48.8 Å². The summed E-state index contributed by atoms with van der Waals surface area (Å²) in [6.45, 7) is 2.67. The Morgan fingerprint density at radius 3 is 2.56 bits per heavy atom. The molecule has 1 aromatic heterocycles. The lowest BCUT2D eigenvalue weighted by Gasteiger charge is -2.20. The molecule has 1 heterocycles. The second-order valence-electron chi connectivity index (χ2n) is 3.97. The van der Waals surface area contributed by atoms with Crippen molar-refractivity contribution in [1.29, 1.82) is 0 Å². The summed E-state index contributed by atoms with van der Waals surface area (Å²) in [5.41, 5.74) is 2.33. The largest absolute Gasteiger partial charge is 0.494 e. The highest BCUT2D eigenvalue weighted by Crippen LogP contribution is 2.29. The summed E-state index contributed by atoms with van der Waals surface area (Å²) >= 11 is 0. The average Bonchev–Trinajstić information content (AvgIpc) is 2.43. The zero-order valence-corrected chi connectivity index (χ0v) is 10.8. The number of aromatic nitrogens is 1. The van der Waals surface area contributed by atoms with Crippen LogP contribution in [-0.4, -0.2) is 18.6 Å². The number of rotatable bonds is 5. The molecule has 0 amide bonds. The van der Waals surface area contributed by atoms with Crippen LogP contribution in [0.25, 0.3) is 0 Å². The lowest BCUT2D eigenvalue weighted by Crippen LogP contribution is -2.18. The lowest BCUT2D eigenvalue weighted by molar-refractivity contribution is 0.334.